The van der Waals surface area contributed by atoms with Crippen LogP contribution in [0, 0.1) is 0 Å². The van der Waals surface area contributed by atoms with Crippen molar-refractivity contribution in [1.82, 2.24) is 9.80 Å². The molecule has 75 heavy (non-hydrogen) atoms. The summed E-state index contributed by atoms with van der Waals surface area (Å²) in [6.07, 6.45) is -14.7. The zero-order chi connectivity index (χ0) is 55.4. The molecule has 1 aromatic carbocycles. The van der Waals surface area contributed by atoms with Crippen molar-refractivity contribution in [3.63, 3.8) is 0 Å². The van der Waals surface area contributed by atoms with E-state index in [0.717, 1.165) is 11.1 Å². The molecule has 24 heteroatoms. The lowest BCUT2D eigenvalue weighted by Gasteiger charge is -2.51. The van der Waals surface area contributed by atoms with Crippen LogP contribution in [0.2, 0.25) is 0 Å². The van der Waals surface area contributed by atoms with Gasteiger partial charge in [0.15, 0.2) is 18.8 Å². The van der Waals surface area contributed by atoms with Crippen LogP contribution in [0.4, 0.5) is 0 Å². The summed E-state index contributed by atoms with van der Waals surface area (Å²) in [5.41, 5.74) is 1.47. The fourth-order valence-electron chi connectivity index (χ4n) is 10.6. The second-order valence-corrected chi connectivity index (χ2v) is 18.5. The number of hydrogen-bond donors (Lipinski definition) is 2. The first-order valence-electron chi connectivity index (χ1n) is 25.1. The molecule has 434 valence electrons. The smallest absolute Gasteiger partial charge is 0.221 e. The van der Waals surface area contributed by atoms with E-state index in [1.807, 2.05) is 24.3 Å². The minimum atomic E-state index is -1.08. The topological polar surface area (TPSA) is 247 Å². The van der Waals surface area contributed by atoms with Gasteiger partial charge >= 0.3 is 0 Å². The van der Waals surface area contributed by atoms with E-state index in [9.17, 15) is 19.8 Å². The molecule has 0 bridgehead atoms. The van der Waals surface area contributed by atoms with Crippen LogP contribution in [0.3, 0.4) is 0 Å². The van der Waals surface area contributed by atoms with Crippen molar-refractivity contribution in [2.45, 2.75) is 156 Å². The van der Waals surface area contributed by atoms with Gasteiger partial charge in [-0.3, -0.25) is 9.59 Å². The van der Waals surface area contributed by atoms with E-state index in [0.29, 0.717) is 0 Å². The van der Waals surface area contributed by atoms with Gasteiger partial charge in [0.05, 0.1) is 25.4 Å². The summed E-state index contributed by atoms with van der Waals surface area (Å²) >= 11 is 0. The Balaban J connectivity index is 1.61. The largest absolute Gasteiger partial charge is 0.396 e. The highest BCUT2D eigenvalue weighted by Gasteiger charge is 2.55. The summed E-state index contributed by atoms with van der Waals surface area (Å²) in [6.45, 7) is 2.93. The maximum atomic E-state index is 13.8. The fraction of sp³-hybridized carbons (Fsp3) is 0.843. The number of hydrogen-bond acceptors (Lipinski definition) is 22. The summed E-state index contributed by atoms with van der Waals surface area (Å²) in [6, 6.07) is 7.50. The van der Waals surface area contributed by atoms with Crippen molar-refractivity contribution in [3.8, 4) is 0 Å². The Labute approximate surface area is 442 Å². The van der Waals surface area contributed by atoms with Gasteiger partial charge in [0.25, 0.3) is 0 Å². The Morgan fingerprint density at radius 3 is 1.53 bits per heavy atom. The molecule has 0 radical (unpaired) electrons. The minimum Gasteiger partial charge on any atom is -0.396 e. The number of nitrogens with zero attached hydrogens (tertiary/aromatic N) is 2. The van der Waals surface area contributed by atoms with Crippen molar-refractivity contribution in [2.24, 2.45) is 0 Å². The van der Waals surface area contributed by atoms with Crippen molar-refractivity contribution < 1.29 is 105 Å². The highest BCUT2D eigenvalue weighted by Crippen LogP contribution is 2.36. The summed E-state index contributed by atoms with van der Waals surface area (Å²) in [5.74, 6) is -0.578. The average Bonchev–Trinajstić information content (AvgIpc) is 3.40. The second kappa shape index (κ2) is 33.1. The van der Waals surface area contributed by atoms with Gasteiger partial charge in [-0.25, -0.2) is 0 Å². The predicted octanol–water partition coefficient (Wildman–Crippen LogP) is 0.551. The Hall–Kier alpha value is -2.64. The summed E-state index contributed by atoms with van der Waals surface area (Å²) in [5, 5.41) is 20.1. The number of ether oxygens (including phenoxy) is 18. The van der Waals surface area contributed by atoms with Gasteiger partial charge in [-0.1, -0.05) is 24.3 Å². The lowest BCUT2D eigenvalue weighted by atomic mass is 9.95. The fourth-order valence-corrected chi connectivity index (χ4v) is 10.6. The van der Waals surface area contributed by atoms with E-state index in [1.165, 1.54) is 84.9 Å². The van der Waals surface area contributed by atoms with Crippen LogP contribution in [0.25, 0.3) is 0 Å². The van der Waals surface area contributed by atoms with Gasteiger partial charge in [-0.2, -0.15) is 0 Å². The van der Waals surface area contributed by atoms with Crippen LogP contribution < -0.4 is 0 Å². The number of amides is 2. The molecular formula is C51H88N2O22. The quantitative estimate of drug-likeness (QED) is 0.0976. The van der Waals surface area contributed by atoms with Crippen LogP contribution in [0.5, 0.6) is 0 Å². The van der Waals surface area contributed by atoms with E-state index in [4.69, 9.17) is 85.3 Å². The molecule has 0 spiro atoms. The molecule has 24 nitrogen and oxygen atoms in total. The van der Waals surface area contributed by atoms with Gasteiger partial charge in [0.2, 0.25) is 11.8 Å². The third-order valence-electron chi connectivity index (χ3n) is 14.3. The Kier molecular flexibility index (Phi) is 28.6. The summed E-state index contributed by atoms with van der Waals surface area (Å²) in [4.78, 5) is 30.5. The average molecular weight is 1080 g/mol. The third-order valence-corrected chi connectivity index (χ3v) is 14.3. The van der Waals surface area contributed by atoms with Crippen LogP contribution in [0.1, 0.15) is 37.8 Å². The van der Waals surface area contributed by atoms with Crippen molar-refractivity contribution in [2.75, 3.05) is 125 Å². The molecule has 4 rings (SSSR count). The zero-order valence-corrected chi connectivity index (χ0v) is 46.6. The number of methoxy groups -OCH3 is 13. The van der Waals surface area contributed by atoms with Gasteiger partial charge in [0.1, 0.15) is 85.5 Å². The molecule has 2 N–H and O–H groups in total. The lowest BCUT2D eigenvalue weighted by molar-refractivity contribution is -0.357. The van der Waals surface area contributed by atoms with Crippen LogP contribution >= 0.6 is 0 Å². The van der Waals surface area contributed by atoms with Crippen molar-refractivity contribution in [1.29, 1.82) is 0 Å². The molecule has 3 fully saturated rings. The number of aliphatic hydroxyl groups is 2. The van der Waals surface area contributed by atoms with Gasteiger partial charge in [-0.15, -0.1) is 0 Å². The highest BCUT2D eigenvalue weighted by molar-refractivity contribution is 5.74. The monoisotopic (exact) mass is 1080 g/mol. The number of carbonyl (C=O) groups is 2. The number of aliphatic hydroxyl groups excluding tert-OH is 2. The maximum absolute atomic E-state index is 13.8. The molecule has 0 saturated carbocycles. The summed E-state index contributed by atoms with van der Waals surface area (Å²) in [7, 11) is 19.8. The van der Waals surface area contributed by atoms with E-state index < -0.39 is 116 Å². The molecule has 3 saturated heterocycles. The van der Waals surface area contributed by atoms with E-state index >= 15 is 0 Å². The van der Waals surface area contributed by atoms with E-state index in [-0.39, 0.29) is 70.7 Å². The first kappa shape index (κ1) is 64.9. The van der Waals surface area contributed by atoms with Crippen molar-refractivity contribution in [3.05, 3.63) is 35.4 Å². The van der Waals surface area contributed by atoms with Crippen LogP contribution in [0.15, 0.2) is 24.3 Å². The Morgan fingerprint density at radius 2 is 1.05 bits per heavy atom. The van der Waals surface area contributed by atoms with Crippen LogP contribution in [-0.4, -0.2) is 274 Å². The van der Waals surface area contributed by atoms with Crippen LogP contribution in [-0.2, 0) is 108 Å². The molecule has 19 atom stereocenters. The first-order valence-corrected chi connectivity index (χ1v) is 25.1. The standard InChI is InChI=1S/C51H88N2O22/c1-29(56)52(26-35(61-6)39(63-8)41(33(60-5)19-21-54)74-50-47(69-14)43(65-10)38(62-7)34(72-50)20-22-55)24-31-17-16-18-32(23-31)25-53(30(2)57)49-46(68-13)45(67-12)42(37(71-49)28-59-4)75-51-48(70-15)44(66-11)40(64-9)36(73-51)27-58-3/h16-18,23,33-51,54-55H,19-22,24-28H2,1-15H3/t33?,34?,35-,36?,37?,38-,39+,40-,41-,42-,43-,44?,45?,46?,47?,48?,49?,50-,51-/m1/s1. The third kappa shape index (κ3) is 16.2. The second-order valence-electron chi connectivity index (χ2n) is 18.5. The summed E-state index contributed by atoms with van der Waals surface area (Å²) < 4.78 is 110. The van der Waals surface area contributed by atoms with Gasteiger partial charge in [-0.05, 0) is 24.0 Å². The number of benzene rings is 1. The molecule has 3 aliphatic heterocycles. The molecule has 10 unspecified atom stereocenters. The normalized spacial score (nSPS) is 31.9. The van der Waals surface area contributed by atoms with E-state index in [2.05, 4.69) is 0 Å². The SMILES string of the molecule is COCC1OC(N(Cc2cccc(CN(C[C@@H](OC)[C@H](OC)[C@H](O[C@H]3OC(CCO)[C@@H](OC)[C@@H](OC)C3OC)C(CCO)OC)C(C)=O)c2)C(C)=O)C(OC)C(OC)[C@@H]1O[C@H]1OC(COC)[C@@H](OC)C(OC)C1OC. The van der Waals surface area contributed by atoms with E-state index in [1.54, 1.807) is 31.1 Å². The predicted molar refractivity (Wildman–Crippen MR) is 265 cm³/mol. The number of carbonyl (C=O) groups excluding carboxylic acids is 2. The Morgan fingerprint density at radius 1 is 0.547 bits per heavy atom. The molecular weight excluding hydrogens is 993 g/mol. The van der Waals surface area contributed by atoms with Crippen molar-refractivity contribution >= 4 is 11.8 Å². The number of rotatable bonds is 33. The minimum absolute atomic E-state index is 0.0273. The molecule has 3 aliphatic rings. The van der Waals surface area contributed by atoms with Gasteiger partial charge < -0.3 is 105 Å². The molecule has 0 aromatic heterocycles. The first-order chi connectivity index (χ1) is 36.2. The molecule has 2 amide bonds. The molecule has 3 heterocycles. The zero-order valence-electron chi connectivity index (χ0n) is 46.6. The van der Waals surface area contributed by atoms with Gasteiger partial charge in [0, 0.05) is 139 Å². The highest BCUT2D eigenvalue weighted by atomic mass is 16.8. The maximum Gasteiger partial charge on any atom is 0.221 e. The molecule has 1 aromatic rings. The Bertz CT molecular complexity index is 1770. The lowest BCUT2D eigenvalue weighted by Crippen LogP contribution is -2.68. The molecule has 0 aliphatic carbocycles.